The summed E-state index contributed by atoms with van der Waals surface area (Å²) in [5.41, 5.74) is 2.52. The lowest BCUT2D eigenvalue weighted by atomic mass is 10.1. The predicted molar refractivity (Wildman–Crippen MR) is 73.4 cm³/mol. The number of fused-ring (bicyclic) bond motifs is 1. The van der Waals surface area contributed by atoms with Gasteiger partial charge in [-0.25, -0.2) is 9.59 Å². The van der Waals surface area contributed by atoms with Crippen LogP contribution in [-0.2, 0) is 13.1 Å². The van der Waals surface area contributed by atoms with Crippen LogP contribution >= 0.6 is 0 Å². The molecular formula is C15H18N2O3. The molecule has 0 bridgehead atoms. The highest BCUT2D eigenvalue weighted by atomic mass is 16.4. The number of urea groups is 1. The van der Waals surface area contributed by atoms with Crippen LogP contribution in [0.1, 0.15) is 41.3 Å². The van der Waals surface area contributed by atoms with Gasteiger partial charge < -0.3 is 15.3 Å². The van der Waals surface area contributed by atoms with E-state index < -0.39 is 5.97 Å². The average Bonchev–Trinajstić information content (AvgIpc) is 3.01. The van der Waals surface area contributed by atoms with Crippen LogP contribution in [0.3, 0.4) is 0 Å². The number of nitrogens with zero attached hydrogens (tertiary/aromatic N) is 1. The molecule has 1 aliphatic carbocycles. The molecule has 2 N–H and O–H groups in total. The van der Waals surface area contributed by atoms with Crippen LogP contribution < -0.4 is 5.32 Å². The first-order chi connectivity index (χ1) is 9.47. The van der Waals surface area contributed by atoms with Crippen LogP contribution in [0, 0.1) is 5.41 Å². The third kappa shape index (κ3) is 2.48. The van der Waals surface area contributed by atoms with Gasteiger partial charge in [0.05, 0.1) is 5.56 Å². The molecule has 1 aromatic carbocycles. The maximum absolute atomic E-state index is 12.1. The van der Waals surface area contributed by atoms with E-state index in [1.165, 1.54) is 12.8 Å². The molecule has 2 aliphatic rings. The van der Waals surface area contributed by atoms with Crippen molar-refractivity contribution in [2.45, 2.75) is 32.9 Å². The van der Waals surface area contributed by atoms with Crippen LogP contribution in [0.2, 0.25) is 0 Å². The second kappa shape index (κ2) is 4.51. The first-order valence-electron chi connectivity index (χ1n) is 6.85. The highest BCUT2D eigenvalue weighted by Gasteiger charge is 2.37. The topological polar surface area (TPSA) is 69.6 Å². The molecular weight excluding hydrogens is 256 g/mol. The minimum absolute atomic E-state index is 0.0637. The van der Waals surface area contributed by atoms with Crippen molar-refractivity contribution >= 4 is 12.0 Å². The Morgan fingerprint density at radius 1 is 1.30 bits per heavy atom. The molecule has 1 aromatic rings. The van der Waals surface area contributed by atoms with Crippen LogP contribution in [0.4, 0.5) is 4.79 Å². The van der Waals surface area contributed by atoms with E-state index >= 15 is 0 Å². The number of aromatic carboxylic acids is 1. The zero-order chi connectivity index (χ0) is 14.3. The summed E-state index contributed by atoms with van der Waals surface area (Å²) in [5, 5.41) is 11.9. The third-order valence-electron chi connectivity index (χ3n) is 4.23. The van der Waals surface area contributed by atoms with Crippen LogP contribution in [0.25, 0.3) is 0 Å². The Bertz CT molecular complexity index is 578. The van der Waals surface area contributed by atoms with Crippen molar-refractivity contribution in [3.05, 3.63) is 34.9 Å². The maximum atomic E-state index is 12.1. The van der Waals surface area contributed by atoms with E-state index in [0.29, 0.717) is 18.5 Å². The van der Waals surface area contributed by atoms with E-state index in [1.807, 2.05) is 0 Å². The minimum Gasteiger partial charge on any atom is -0.478 e. The number of benzene rings is 1. The number of rotatable bonds is 3. The van der Waals surface area contributed by atoms with Gasteiger partial charge in [0.15, 0.2) is 0 Å². The van der Waals surface area contributed by atoms with Crippen molar-refractivity contribution in [1.82, 2.24) is 10.2 Å². The number of hydrogen-bond acceptors (Lipinski definition) is 2. The molecule has 1 heterocycles. The molecule has 0 saturated heterocycles. The van der Waals surface area contributed by atoms with E-state index in [2.05, 4.69) is 12.2 Å². The molecule has 1 saturated carbocycles. The quantitative estimate of drug-likeness (QED) is 0.887. The summed E-state index contributed by atoms with van der Waals surface area (Å²) in [7, 11) is 0. The van der Waals surface area contributed by atoms with Crippen molar-refractivity contribution in [3.8, 4) is 0 Å². The Kier molecular flexibility index (Phi) is 2.92. The molecule has 0 atom stereocenters. The Hall–Kier alpha value is -2.04. The lowest BCUT2D eigenvalue weighted by Gasteiger charge is -2.18. The van der Waals surface area contributed by atoms with Gasteiger partial charge in [-0.15, -0.1) is 0 Å². The number of carboxylic acid groups (broad SMARTS) is 1. The average molecular weight is 274 g/mol. The normalized spacial score (nSPS) is 18.6. The monoisotopic (exact) mass is 274 g/mol. The summed E-state index contributed by atoms with van der Waals surface area (Å²) in [5.74, 6) is -0.933. The van der Waals surface area contributed by atoms with E-state index in [4.69, 9.17) is 5.11 Å². The van der Waals surface area contributed by atoms with E-state index in [-0.39, 0.29) is 11.6 Å². The highest BCUT2D eigenvalue weighted by Crippen LogP contribution is 2.44. The summed E-state index contributed by atoms with van der Waals surface area (Å²) in [6.07, 6.45) is 2.35. The van der Waals surface area contributed by atoms with Gasteiger partial charge in [0.2, 0.25) is 0 Å². The van der Waals surface area contributed by atoms with Gasteiger partial charge in [0.25, 0.3) is 0 Å². The molecule has 0 spiro atoms. The third-order valence-corrected chi connectivity index (χ3v) is 4.23. The molecule has 0 radical (unpaired) electrons. The number of carbonyl (C=O) groups excluding carboxylic acids is 1. The van der Waals surface area contributed by atoms with Gasteiger partial charge in [-0.05, 0) is 41.5 Å². The SMILES string of the molecule is CC1(CNC(=O)N2Cc3ccc(C(=O)O)cc3C2)CC1. The Labute approximate surface area is 117 Å². The Balaban J connectivity index is 1.64. The van der Waals surface area contributed by atoms with Gasteiger partial charge in [0, 0.05) is 19.6 Å². The lowest BCUT2D eigenvalue weighted by Crippen LogP contribution is -2.38. The minimum atomic E-state index is -0.933. The van der Waals surface area contributed by atoms with Crippen LogP contribution in [-0.4, -0.2) is 28.6 Å². The van der Waals surface area contributed by atoms with Gasteiger partial charge in [0.1, 0.15) is 0 Å². The molecule has 106 valence electrons. The van der Waals surface area contributed by atoms with E-state index in [1.54, 1.807) is 23.1 Å². The smallest absolute Gasteiger partial charge is 0.335 e. The standard InChI is InChI=1S/C15H18N2O3/c1-15(4-5-15)9-16-14(20)17-7-11-3-2-10(13(18)19)6-12(11)8-17/h2-3,6H,4-5,7-9H2,1H3,(H,16,20)(H,18,19). The second-order valence-electron chi connectivity index (χ2n) is 6.11. The van der Waals surface area contributed by atoms with Gasteiger partial charge in [-0.1, -0.05) is 13.0 Å². The predicted octanol–water partition coefficient (Wildman–Crippen LogP) is 2.21. The lowest BCUT2D eigenvalue weighted by molar-refractivity contribution is 0.0696. The fourth-order valence-electron chi connectivity index (χ4n) is 2.46. The van der Waals surface area contributed by atoms with E-state index in [0.717, 1.165) is 17.7 Å². The van der Waals surface area contributed by atoms with Crippen LogP contribution in [0.15, 0.2) is 18.2 Å². The van der Waals surface area contributed by atoms with Gasteiger partial charge in [-0.2, -0.15) is 0 Å². The summed E-state index contributed by atoms with van der Waals surface area (Å²) < 4.78 is 0. The Morgan fingerprint density at radius 2 is 2.00 bits per heavy atom. The summed E-state index contributed by atoms with van der Waals surface area (Å²) in [6, 6.07) is 4.99. The van der Waals surface area contributed by atoms with Gasteiger partial charge >= 0.3 is 12.0 Å². The zero-order valence-corrected chi connectivity index (χ0v) is 11.5. The number of hydrogen-bond donors (Lipinski definition) is 2. The number of nitrogens with one attached hydrogen (secondary N) is 1. The fraction of sp³-hybridized carbons (Fsp3) is 0.467. The van der Waals surface area contributed by atoms with Gasteiger partial charge in [-0.3, -0.25) is 0 Å². The largest absolute Gasteiger partial charge is 0.478 e. The number of carbonyl (C=O) groups is 2. The van der Waals surface area contributed by atoms with E-state index in [9.17, 15) is 9.59 Å². The Morgan fingerprint density at radius 3 is 2.65 bits per heavy atom. The number of carboxylic acids is 1. The molecule has 2 amide bonds. The molecule has 3 rings (SSSR count). The molecule has 20 heavy (non-hydrogen) atoms. The first-order valence-corrected chi connectivity index (χ1v) is 6.85. The van der Waals surface area contributed by atoms with Crippen molar-refractivity contribution < 1.29 is 14.7 Å². The molecule has 0 unspecified atom stereocenters. The number of amides is 2. The van der Waals surface area contributed by atoms with Crippen molar-refractivity contribution in [2.24, 2.45) is 5.41 Å². The van der Waals surface area contributed by atoms with Crippen molar-refractivity contribution in [1.29, 1.82) is 0 Å². The molecule has 1 aliphatic heterocycles. The molecule has 5 nitrogen and oxygen atoms in total. The first kappa shape index (κ1) is 13.0. The summed E-state index contributed by atoms with van der Waals surface area (Å²) >= 11 is 0. The molecule has 1 fully saturated rings. The second-order valence-corrected chi connectivity index (χ2v) is 6.11. The fourth-order valence-corrected chi connectivity index (χ4v) is 2.46. The summed E-state index contributed by atoms with van der Waals surface area (Å²) in [6.45, 7) is 3.93. The molecule has 5 heteroatoms. The van der Waals surface area contributed by atoms with Crippen LogP contribution in [0.5, 0.6) is 0 Å². The molecule has 0 aromatic heterocycles. The summed E-state index contributed by atoms with van der Waals surface area (Å²) in [4.78, 5) is 24.8. The van der Waals surface area contributed by atoms with Crippen molar-refractivity contribution in [3.63, 3.8) is 0 Å². The maximum Gasteiger partial charge on any atom is 0.335 e. The zero-order valence-electron chi connectivity index (χ0n) is 11.5. The van der Waals surface area contributed by atoms with Crippen molar-refractivity contribution in [2.75, 3.05) is 6.54 Å². The highest BCUT2D eigenvalue weighted by molar-refractivity contribution is 5.88.